The Morgan fingerprint density at radius 2 is 1.95 bits per heavy atom. The Bertz CT molecular complexity index is 692. The van der Waals surface area contributed by atoms with Gasteiger partial charge >= 0.3 is 0 Å². The molecule has 0 saturated carbocycles. The van der Waals surface area contributed by atoms with E-state index in [0.29, 0.717) is 18.0 Å². The standard InChI is InChI=1S/C17H19FN2O/c1-17(2,3)11-7-8-15(21)14(9-11)20-10-19-13-6-4-5-12(18)16(13)20/h4-9,19,21H,10H2,1-3H3. The predicted octanol–water partition coefficient (Wildman–Crippen LogP) is 4.35. The Morgan fingerprint density at radius 1 is 1.19 bits per heavy atom. The molecule has 1 aliphatic heterocycles. The minimum Gasteiger partial charge on any atom is -0.506 e. The number of halogens is 1. The lowest BCUT2D eigenvalue weighted by atomic mass is 9.86. The molecule has 1 heterocycles. The summed E-state index contributed by atoms with van der Waals surface area (Å²) in [7, 11) is 0. The van der Waals surface area contributed by atoms with Crippen LogP contribution in [0.25, 0.3) is 0 Å². The summed E-state index contributed by atoms with van der Waals surface area (Å²) in [6, 6.07) is 10.5. The van der Waals surface area contributed by atoms with E-state index in [0.717, 1.165) is 11.3 Å². The first kappa shape index (κ1) is 13.7. The second-order valence-corrected chi connectivity index (χ2v) is 6.35. The highest BCUT2D eigenvalue weighted by Gasteiger charge is 2.26. The number of benzene rings is 2. The summed E-state index contributed by atoms with van der Waals surface area (Å²) in [6.45, 7) is 6.77. The van der Waals surface area contributed by atoms with E-state index in [-0.39, 0.29) is 17.0 Å². The first-order chi connectivity index (χ1) is 9.88. The molecule has 0 radical (unpaired) electrons. The van der Waals surface area contributed by atoms with Gasteiger partial charge in [-0.25, -0.2) is 4.39 Å². The number of rotatable bonds is 1. The molecule has 0 unspecified atom stereocenters. The van der Waals surface area contributed by atoms with Gasteiger partial charge < -0.3 is 15.3 Å². The normalized spacial score (nSPS) is 14.0. The minimum atomic E-state index is -0.293. The summed E-state index contributed by atoms with van der Waals surface area (Å²) in [4.78, 5) is 1.77. The largest absolute Gasteiger partial charge is 0.506 e. The van der Waals surface area contributed by atoms with Gasteiger partial charge in [-0.1, -0.05) is 32.9 Å². The highest BCUT2D eigenvalue weighted by atomic mass is 19.1. The number of aromatic hydroxyl groups is 1. The zero-order chi connectivity index (χ0) is 15.2. The predicted molar refractivity (Wildman–Crippen MR) is 83.8 cm³/mol. The summed E-state index contributed by atoms with van der Waals surface area (Å²) in [5.41, 5.74) is 2.92. The molecule has 2 N–H and O–H groups in total. The van der Waals surface area contributed by atoms with Gasteiger partial charge in [0.2, 0.25) is 0 Å². The smallest absolute Gasteiger partial charge is 0.149 e. The van der Waals surface area contributed by atoms with E-state index in [9.17, 15) is 9.50 Å². The van der Waals surface area contributed by atoms with Crippen molar-refractivity contribution in [2.24, 2.45) is 0 Å². The summed E-state index contributed by atoms with van der Waals surface area (Å²) >= 11 is 0. The van der Waals surface area contributed by atoms with Crippen molar-refractivity contribution in [2.75, 3.05) is 16.9 Å². The van der Waals surface area contributed by atoms with Crippen LogP contribution in [0.2, 0.25) is 0 Å². The van der Waals surface area contributed by atoms with Crippen molar-refractivity contribution in [3.8, 4) is 5.75 Å². The van der Waals surface area contributed by atoms with Crippen LogP contribution in [0.1, 0.15) is 26.3 Å². The molecule has 0 bridgehead atoms. The monoisotopic (exact) mass is 286 g/mol. The molecule has 2 aromatic carbocycles. The van der Waals surface area contributed by atoms with Crippen molar-refractivity contribution < 1.29 is 9.50 Å². The second-order valence-electron chi connectivity index (χ2n) is 6.35. The van der Waals surface area contributed by atoms with Crippen molar-refractivity contribution in [3.63, 3.8) is 0 Å². The number of para-hydroxylation sites is 1. The number of phenols is 1. The van der Waals surface area contributed by atoms with E-state index >= 15 is 0 Å². The SMILES string of the molecule is CC(C)(C)c1ccc(O)c(N2CNc3cccc(F)c32)c1. The molecule has 0 amide bonds. The highest BCUT2D eigenvalue weighted by Crippen LogP contribution is 2.43. The lowest BCUT2D eigenvalue weighted by Gasteiger charge is -2.24. The van der Waals surface area contributed by atoms with Gasteiger partial charge in [-0.2, -0.15) is 0 Å². The Hall–Kier alpha value is -2.23. The molecule has 0 spiro atoms. The maximum absolute atomic E-state index is 14.1. The molecule has 2 aromatic rings. The molecule has 3 rings (SSSR count). The third kappa shape index (κ3) is 2.31. The number of phenolic OH excluding ortho intramolecular Hbond substituents is 1. The van der Waals surface area contributed by atoms with Gasteiger partial charge in [-0.15, -0.1) is 0 Å². The van der Waals surface area contributed by atoms with Crippen LogP contribution in [-0.2, 0) is 5.41 Å². The van der Waals surface area contributed by atoms with E-state index in [1.165, 1.54) is 6.07 Å². The topological polar surface area (TPSA) is 35.5 Å². The van der Waals surface area contributed by atoms with Crippen molar-refractivity contribution in [1.82, 2.24) is 0 Å². The van der Waals surface area contributed by atoms with Gasteiger partial charge in [-0.05, 0) is 35.2 Å². The molecule has 21 heavy (non-hydrogen) atoms. The molecule has 0 fully saturated rings. The van der Waals surface area contributed by atoms with Crippen LogP contribution >= 0.6 is 0 Å². The van der Waals surface area contributed by atoms with E-state index in [1.807, 2.05) is 18.2 Å². The summed E-state index contributed by atoms with van der Waals surface area (Å²) in [6.07, 6.45) is 0. The van der Waals surface area contributed by atoms with E-state index in [4.69, 9.17) is 0 Å². The summed E-state index contributed by atoms with van der Waals surface area (Å²) in [5.74, 6) is -0.140. The van der Waals surface area contributed by atoms with Gasteiger partial charge in [0.15, 0.2) is 0 Å². The number of nitrogens with zero attached hydrogens (tertiary/aromatic N) is 1. The zero-order valence-corrected chi connectivity index (χ0v) is 12.4. The van der Waals surface area contributed by atoms with E-state index in [2.05, 4.69) is 26.1 Å². The fourth-order valence-corrected chi connectivity index (χ4v) is 2.59. The zero-order valence-electron chi connectivity index (χ0n) is 12.4. The first-order valence-corrected chi connectivity index (χ1v) is 7.01. The van der Waals surface area contributed by atoms with Crippen molar-refractivity contribution >= 4 is 17.1 Å². The molecule has 4 heteroatoms. The Labute approximate surface area is 124 Å². The molecule has 0 saturated heterocycles. The fourth-order valence-electron chi connectivity index (χ4n) is 2.59. The Morgan fingerprint density at radius 3 is 2.67 bits per heavy atom. The maximum atomic E-state index is 14.1. The van der Waals surface area contributed by atoms with E-state index in [1.54, 1.807) is 17.0 Å². The lowest BCUT2D eigenvalue weighted by Crippen LogP contribution is -2.19. The van der Waals surface area contributed by atoms with Crippen molar-refractivity contribution in [3.05, 3.63) is 47.8 Å². The number of fused-ring (bicyclic) bond motifs is 1. The minimum absolute atomic E-state index is 0.0341. The molecule has 3 nitrogen and oxygen atoms in total. The first-order valence-electron chi connectivity index (χ1n) is 7.01. The second kappa shape index (κ2) is 4.65. The fraction of sp³-hybridized carbons (Fsp3) is 0.294. The van der Waals surface area contributed by atoms with Gasteiger partial charge in [0.25, 0.3) is 0 Å². The number of anilines is 3. The van der Waals surface area contributed by atoms with Crippen LogP contribution in [0.15, 0.2) is 36.4 Å². The van der Waals surface area contributed by atoms with E-state index < -0.39 is 0 Å². The average molecular weight is 286 g/mol. The molecule has 0 aromatic heterocycles. The van der Waals surface area contributed by atoms with Crippen LogP contribution in [0.5, 0.6) is 5.75 Å². The number of hydrogen-bond donors (Lipinski definition) is 2. The average Bonchev–Trinajstić information content (AvgIpc) is 2.83. The lowest BCUT2D eigenvalue weighted by molar-refractivity contribution is 0.474. The highest BCUT2D eigenvalue weighted by molar-refractivity contribution is 5.83. The van der Waals surface area contributed by atoms with Crippen molar-refractivity contribution in [2.45, 2.75) is 26.2 Å². The van der Waals surface area contributed by atoms with Crippen LogP contribution in [0.4, 0.5) is 21.5 Å². The Kier molecular flexibility index (Phi) is 3.04. The quantitative estimate of drug-likeness (QED) is 0.818. The third-order valence-electron chi connectivity index (χ3n) is 3.82. The molecular weight excluding hydrogens is 267 g/mol. The Balaban J connectivity index is 2.12. The third-order valence-corrected chi connectivity index (χ3v) is 3.82. The van der Waals surface area contributed by atoms with Crippen LogP contribution in [0.3, 0.4) is 0 Å². The molecule has 0 atom stereocenters. The van der Waals surface area contributed by atoms with Crippen LogP contribution < -0.4 is 10.2 Å². The molecule has 1 aliphatic rings. The maximum Gasteiger partial charge on any atom is 0.149 e. The van der Waals surface area contributed by atoms with Crippen LogP contribution in [0, 0.1) is 5.82 Å². The number of nitrogens with one attached hydrogen (secondary N) is 1. The number of hydrogen-bond acceptors (Lipinski definition) is 3. The molecule has 110 valence electrons. The van der Waals surface area contributed by atoms with Gasteiger partial charge in [0.05, 0.1) is 18.0 Å². The summed E-state index contributed by atoms with van der Waals surface area (Å²) < 4.78 is 14.1. The van der Waals surface area contributed by atoms with Gasteiger partial charge in [-0.3, -0.25) is 0 Å². The molecule has 0 aliphatic carbocycles. The van der Waals surface area contributed by atoms with Crippen LogP contribution in [-0.4, -0.2) is 11.8 Å². The van der Waals surface area contributed by atoms with Crippen molar-refractivity contribution in [1.29, 1.82) is 0 Å². The van der Waals surface area contributed by atoms with Gasteiger partial charge in [0, 0.05) is 0 Å². The van der Waals surface area contributed by atoms with Gasteiger partial charge in [0.1, 0.15) is 17.3 Å². The summed E-state index contributed by atoms with van der Waals surface area (Å²) in [5, 5.41) is 13.3. The molecular formula is C17H19FN2O.